The molecule has 1 aromatic carbocycles. The van der Waals surface area contributed by atoms with Gasteiger partial charge in [0, 0.05) is 19.1 Å². The topological polar surface area (TPSA) is 35.5 Å². The Hall–Kier alpha value is -1.35. The minimum Gasteiger partial charge on any atom is -0.494 e. The van der Waals surface area contributed by atoms with E-state index in [-0.39, 0.29) is 5.78 Å². The molecule has 0 fully saturated rings. The van der Waals surface area contributed by atoms with Gasteiger partial charge in [0.1, 0.15) is 5.75 Å². The molecule has 94 valence electrons. The van der Waals surface area contributed by atoms with Gasteiger partial charge in [0.15, 0.2) is 5.78 Å². The molecule has 0 radical (unpaired) electrons. The number of rotatable bonds is 6. The molecule has 0 amide bonds. The number of carbonyl (C=O) groups excluding carboxylic acids is 1. The van der Waals surface area contributed by atoms with E-state index in [1.54, 1.807) is 19.2 Å². The Morgan fingerprint density at radius 1 is 1.35 bits per heavy atom. The monoisotopic (exact) mass is 236 g/mol. The van der Waals surface area contributed by atoms with E-state index in [2.05, 4.69) is 0 Å². The summed E-state index contributed by atoms with van der Waals surface area (Å²) in [5, 5.41) is 0. The molecule has 0 heterocycles. The van der Waals surface area contributed by atoms with Gasteiger partial charge in [-0.2, -0.15) is 0 Å². The molecule has 3 heteroatoms. The standard InChI is InChI=1S/C14H20O3/c1-5-17-12-8-6-7-11(9-12)13(15)10-14(2,3)16-4/h6-9H,5,10H2,1-4H3. The number of methoxy groups -OCH3 is 1. The Kier molecular flexibility index (Phi) is 4.70. The molecule has 0 aliphatic carbocycles. The fraction of sp³-hybridized carbons (Fsp3) is 0.500. The number of ketones is 1. The number of carbonyl (C=O) groups is 1. The molecule has 0 atom stereocenters. The van der Waals surface area contributed by atoms with Gasteiger partial charge in [0.25, 0.3) is 0 Å². The second-order valence-corrected chi connectivity index (χ2v) is 4.52. The number of ether oxygens (including phenoxy) is 2. The van der Waals surface area contributed by atoms with Gasteiger partial charge in [-0.05, 0) is 32.9 Å². The highest BCUT2D eigenvalue weighted by atomic mass is 16.5. The lowest BCUT2D eigenvalue weighted by molar-refractivity contribution is 0.0172. The summed E-state index contributed by atoms with van der Waals surface area (Å²) >= 11 is 0. The zero-order valence-corrected chi connectivity index (χ0v) is 10.9. The zero-order chi connectivity index (χ0) is 12.9. The van der Waals surface area contributed by atoms with Gasteiger partial charge in [-0.1, -0.05) is 12.1 Å². The lowest BCUT2D eigenvalue weighted by Gasteiger charge is -2.21. The highest BCUT2D eigenvalue weighted by molar-refractivity contribution is 5.97. The molecule has 3 nitrogen and oxygen atoms in total. The van der Waals surface area contributed by atoms with Gasteiger partial charge >= 0.3 is 0 Å². The van der Waals surface area contributed by atoms with Crippen molar-refractivity contribution in [3.8, 4) is 5.75 Å². The molecule has 0 saturated carbocycles. The molecule has 17 heavy (non-hydrogen) atoms. The predicted molar refractivity (Wildman–Crippen MR) is 67.6 cm³/mol. The van der Waals surface area contributed by atoms with E-state index in [1.807, 2.05) is 32.9 Å². The fourth-order valence-corrected chi connectivity index (χ4v) is 1.49. The number of hydrogen-bond acceptors (Lipinski definition) is 3. The Bertz CT molecular complexity index is 383. The van der Waals surface area contributed by atoms with Crippen LogP contribution in [0.1, 0.15) is 37.6 Å². The molecule has 0 spiro atoms. The van der Waals surface area contributed by atoms with Crippen molar-refractivity contribution in [3.63, 3.8) is 0 Å². The van der Waals surface area contributed by atoms with E-state index in [0.29, 0.717) is 18.6 Å². The van der Waals surface area contributed by atoms with Crippen LogP contribution in [0.2, 0.25) is 0 Å². The van der Waals surface area contributed by atoms with Gasteiger partial charge in [-0.15, -0.1) is 0 Å². The van der Waals surface area contributed by atoms with Crippen molar-refractivity contribution in [1.82, 2.24) is 0 Å². The second-order valence-electron chi connectivity index (χ2n) is 4.52. The Labute approximate surface area is 103 Å². The maximum atomic E-state index is 12.0. The van der Waals surface area contributed by atoms with E-state index in [9.17, 15) is 4.79 Å². The Morgan fingerprint density at radius 2 is 2.06 bits per heavy atom. The maximum Gasteiger partial charge on any atom is 0.165 e. The molecule has 0 aliphatic heterocycles. The van der Waals surface area contributed by atoms with E-state index in [4.69, 9.17) is 9.47 Å². The van der Waals surface area contributed by atoms with Crippen molar-refractivity contribution < 1.29 is 14.3 Å². The van der Waals surface area contributed by atoms with Crippen molar-refractivity contribution in [2.45, 2.75) is 32.8 Å². The summed E-state index contributed by atoms with van der Waals surface area (Å²) in [7, 11) is 1.61. The quantitative estimate of drug-likeness (QED) is 0.712. The summed E-state index contributed by atoms with van der Waals surface area (Å²) in [5.41, 5.74) is 0.236. The van der Waals surface area contributed by atoms with Crippen LogP contribution in [0.3, 0.4) is 0 Å². The molecule has 0 bridgehead atoms. The molecular formula is C14H20O3. The van der Waals surface area contributed by atoms with Crippen LogP contribution in [0.4, 0.5) is 0 Å². The largest absolute Gasteiger partial charge is 0.494 e. The smallest absolute Gasteiger partial charge is 0.165 e. The fourth-order valence-electron chi connectivity index (χ4n) is 1.49. The van der Waals surface area contributed by atoms with Crippen molar-refractivity contribution in [3.05, 3.63) is 29.8 Å². The first kappa shape index (κ1) is 13.7. The average Bonchev–Trinajstić information content (AvgIpc) is 2.29. The first-order valence-electron chi connectivity index (χ1n) is 5.79. The van der Waals surface area contributed by atoms with Crippen LogP contribution in [0.15, 0.2) is 24.3 Å². The maximum absolute atomic E-state index is 12.0. The number of Topliss-reactive ketones (excluding diaryl/α,β-unsaturated/α-hetero) is 1. The minimum atomic E-state index is -0.432. The SMILES string of the molecule is CCOc1cccc(C(=O)CC(C)(C)OC)c1. The lowest BCUT2D eigenvalue weighted by Crippen LogP contribution is -2.26. The normalized spacial score (nSPS) is 11.3. The Balaban J connectivity index is 2.78. The Morgan fingerprint density at radius 3 is 2.65 bits per heavy atom. The third kappa shape index (κ3) is 4.19. The number of benzene rings is 1. The van der Waals surface area contributed by atoms with Crippen LogP contribution < -0.4 is 4.74 Å². The van der Waals surface area contributed by atoms with E-state index >= 15 is 0 Å². The molecular weight excluding hydrogens is 216 g/mol. The van der Waals surface area contributed by atoms with Crippen LogP contribution in [0.5, 0.6) is 5.75 Å². The van der Waals surface area contributed by atoms with Crippen LogP contribution in [0, 0.1) is 0 Å². The highest BCUT2D eigenvalue weighted by Crippen LogP contribution is 2.20. The van der Waals surface area contributed by atoms with Crippen LogP contribution in [-0.4, -0.2) is 25.1 Å². The van der Waals surface area contributed by atoms with Crippen molar-refractivity contribution in [2.75, 3.05) is 13.7 Å². The van der Waals surface area contributed by atoms with Gasteiger partial charge < -0.3 is 9.47 Å². The summed E-state index contributed by atoms with van der Waals surface area (Å²) < 4.78 is 10.6. The zero-order valence-electron chi connectivity index (χ0n) is 10.9. The van der Waals surface area contributed by atoms with Gasteiger partial charge in [-0.3, -0.25) is 4.79 Å². The van der Waals surface area contributed by atoms with Crippen molar-refractivity contribution in [2.24, 2.45) is 0 Å². The molecule has 0 saturated heterocycles. The first-order chi connectivity index (χ1) is 7.98. The van der Waals surface area contributed by atoms with Crippen molar-refractivity contribution >= 4 is 5.78 Å². The molecule has 0 unspecified atom stereocenters. The van der Waals surface area contributed by atoms with E-state index in [1.165, 1.54) is 0 Å². The molecule has 0 N–H and O–H groups in total. The summed E-state index contributed by atoms with van der Waals surface area (Å²) in [6, 6.07) is 7.26. The van der Waals surface area contributed by atoms with Crippen molar-refractivity contribution in [1.29, 1.82) is 0 Å². The second kappa shape index (κ2) is 5.82. The molecule has 0 aliphatic rings. The predicted octanol–water partition coefficient (Wildman–Crippen LogP) is 3.08. The van der Waals surface area contributed by atoms with Gasteiger partial charge in [0.2, 0.25) is 0 Å². The minimum absolute atomic E-state index is 0.0680. The summed E-state index contributed by atoms with van der Waals surface area (Å²) in [5.74, 6) is 0.798. The first-order valence-corrected chi connectivity index (χ1v) is 5.79. The third-order valence-corrected chi connectivity index (χ3v) is 2.61. The lowest BCUT2D eigenvalue weighted by atomic mass is 9.97. The molecule has 0 aromatic heterocycles. The van der Waals surface area contributed by atoms with Crippen LogP contribution in [0.25, 0.3) is 0 Å². The summed E-state index contributed by atoms with van der Waals surface area (Å²) in [6.07, 6.45) is 0.360. The third-order valence-electron chi connectivity index (χ3n) is 2.61. The number of hydrogen-bond donors (Lipinski definition) is 0. The van der Waals surface area contributed by atoms with Gasteiger partial charge in [0.05, 0.1) is 12.2 Å². The molecule has 1 rings (SSSR count). The highest BCUT2D eigenvalue weighted by Gasteiger charge is 2.22. The van der Waals surface area contributed by atoms with Crippen LogP contribution in [-0.2, 0) is 4.74 Å². The van der Waals surface area contributed by atoms with E-state index in [0.717, 1.165) is 5.75 Å². The van der Waals surface area contributed by atoms with Gasteiger partial charge in [-0.25, -0.2) is 0 Å². The summed E-state index contributed by atoms with van der Waals surface area (Å²) in [4.78, 5) is 12.0. The summed E-state index contributed by atoms with van der Waals surface area (Å²) in [6.45, 7) is 6.32. The molecule has 1 aromatic rings. The average molecular weight is 236 g/mol. The van der Waals surface area contributed by atoms with Crippen LogP contribution >= 0.6 is 0 Å². The van der Waals surface area contributed by atoms with E-state index < -0.39 is 5.60 Å².